The van der Waals surface area contributed by atoms with Gasteiger partial charge in [0.25, 0.3) is 0 Å². The zero-order valence-electron chi connectivity index (χ0n) is 11.4. The summed E-state index contributed by atoms with van der Waals surface area (Å²) in [4.78, 5) is 0. The van der Waals surface area contributed by atoms with Crippen LogP contribution in [0.2, 0.25) is 0 Å². The first-order chi connectivity index (χ1) is 9.36. The third-order valence-electron chi connectivity index (χ3n) is 4.00. The monoisotopic (exact) mass is 349 g/mol. The second kappa shape index (κ2) is 6.37. The Morgan fingerprint density at radius 2 is 1.85 bits per heavy atom. The highest BCUT2D eigenvalue weighted by Gasteiger charge is 2.33. The van der Waals surface area contributed by atoms with Crippen LogP contribution in [0.4, 0.5) is 18.9 Å². The van der Waals surface area contributed by atoms with E-state index in [1.54, 1.807) is 6.07 Å². The molecule has 0 aliphatic heterocycles. The highest BCUT2D eigenvalue weighted by molar-refractivity contribution is 9.10. The predicted molar refractivity (Wildman–Crippen MR) is 78.8 cm³/mol. The molecule has 0 aromatic heterocycles. The molecule has 0 saturated heterocycles. The third-order valence-corrected chi connectivity index (χ3v) is 4.50. The molecule has 2 rings (SSSR count). The molecule has 0 amide bonds. The molecule has 1 aromatic carbocycles. The Labute approximate surface area is 126 Å². The highest BCUT2D eigenvalue weighted by Crippen LogP contribution is 2.37. The van der Waals surface area contributed by atoms with Gasteiger partial charge in [-0.25, -0.2) is 0 Å². The van der Waals surface area contributed by atoms with Gasteiger partial charge in [-0.3, -0.25) is 0 Å². The molecule has 0 spiro atoms. The fourth-order valence-corrected chi connectivity index (χ4v) is 3.05. The molecule has 0 atom stereocenters. The number of benzene rings is 1. The van der Waals surface area contributed by atoms with Crippen LogP contribution in [0.5, 0.6) is 0 Å². The summed E-state index contributed by atoms with van der Waals surface area (Å²) in [5.41, 5.74) is -0.421. The van der Waals surface area contributed by atoms with Gasteiger partial charge in [-0.15, -0.1) is 0 Å². The van der Waals surface area contributed by atoms with Crippen molar-refractivity contribution in [3.63, 3.8) is 0 Å². The van der Waals surface area contributed by atoms with Crippen LogP contribution in [-0.4, -0.2) is 6.54 Å². The smallest absolute Gasteiger partial charge is 0.384 e. The summed E-state index contributed by atoms with van der Waals surface area (Å²) in [7, 11) is 0. The van der Waals surface area contributed by atoms with E-state index < -0.39 is 11.7 Å². The van der Waals surface area contributed by atoms with Crippen molar-refractivity contribution >= 4 is 21.6 Å². The first kappa shape index (κ1) is 15.7. The number of halogens is 4. The third kappa shape index (κ3) is 4.14. The van der Waals surface area contributed by atoms with Crippen LogP contribution in [0, 0.1) is 11.8 Å². The second-order valence-corrected chi connectivity index (χ2v) is 6.61. The first-order valence-corrected chi connectivity index (χ1v) is 7.76. The van der Waals surface area contributed by atoms with E-state index in [4.69, 9.17) is 0 Å². The fourth-order valence-electron chi connectivity index (χ4n) is 2.69. The van der Waals surface area contributed by atoms with Crippen molar-refractivity contribution in [2.45, 2.75) is 38.8 Å². The van der Waals surface area contributed by atoms with Crippen LogP contribution in [0.25, 0.3) is 0 Å². The number of anilines is 1. The van der Waals surface area contributed by atoms with Gasteiger partial charge in [0.1, 0.15) is 0 Å². The molecule has 1 N–H and O–H groups in total. The van der Waals surface area contributed by atoms with Crippen molar-refractivity contribution in [2.24, 2.45) is 11.8 Å². The highest BCUT2D eigenvalue weighted by atomic mass is 79.9. The molecule has 1 nitrogen and oxygen atoms in total. The number of alkyl halides is 3. The van der Waals surface area contributed by atoms with Gasteiger partial charge in [0.2, 0.25) is 0 Å². The molecule has 0 radical (unpaired) electrons. The van der Waals surface area contributed by atoms with Crippen molar-refractivity contribution in [3.8, 4) is 0 Å². The molecule has 20 heavy (non-hydrogen) atoms. The molecule has 0 unspecified atom stereocenters. The quantitative estimate of drug-likeness (QED) is 0.737. The van der Waals surface area contributed by atoms with Crippen LogP contribution < -0.4 is 5.32 Å². The topological polar surface area (TPSA) is 12.0 Å². The standard InChI is InChI=1S/C15H19BrF3N/c1-10-2-4-11(5-3-10)9-20-14-7-6-12(16)8-13(14)15(17,18)19/h6-8,10-11,20H,2-5,9H2,1H3. The Bertz CT molecular complexity index is 451. The molecular weight excluding hydrogens is 331 g/mol. The summed E-state index contributed by atoms with van der Waals surface area (Å²) >= 11 is 3.10. The Hall–Kier alpha value is -0.710. The van der Waals surface area contributed by atoms with E-state index in [1.807, 2.05) is 0 Å². The average molecular weight is 350 g/mol. The minimum Gasteiger partial charge on any atom is -0.384 e. The van der Waals surface area contributed by atoms with Crippen LogP contribution >= 0.6 is 15.9 Å². The van der Waals surface area contributed by atoms with E-state index in [2.05, 4.69) is 28.2 Å². The molecule has 0 heterocycles. The summed E-state index contributed by atoms with van der Waals surface area (Å²) < 4.78 is 39.4. The summed E-state index contributed by atoms with van der Waals surface area (Å²) in [5.74, 6) is 1.24. The maximum Gasteiger partial charge on any atom is 0.418 e. The molecule has 1 saturated carbocycles. The zero-order valence-corrected chi connectivity index (χ0v) is 13.0. The summed E-state index contributed by atoms with van der Waals surface area (Å²) in [5, 5.41) is 2.99. The number of rotatable bonds is 3. The maximum atomic E-state index is 13.0. The Morgan fingerprint density at radius 3 is 2.45 bits per heavy atom. The lowest BCUT2D eigenvalue weighted by Gasteiger charge is -2.27. The van der Waals surface area contributed by atoms with Gasteiger partial charge in [0.15, 0.2) is 0 Å². The van der Waals surface area contributed by atoms with Crippen molar-refractivity contribution in [1.82, 2.24) is 0 Å². The molecule has 5 heteroatoms. The number of hydrogen-bond acceptors (Lipinski definition) is 1. The number of nitrogens with one attached hydrogen (secondary N) is 1. The lowest BCUT2D eigenvalue weighted by atomic mass is 9.83. The van der Waals surface area contributed by atoms with Gasteiger partial charge < -0.3 is 5.32 Å². The summed E-state index contributed by atoms with van der Waals surface area (Å²) in [6.45, 7) is 2.86. The molecule has 0 bridgehead atoms. The van der Waals surface area contributed by atoms with E-state index in [0.717, 1.165) is 24.8 Å². The van der Waals surface area contributed by atoms with E-state index in [9.17, 15) is 13.2 Å². The molecule has 1 fully saturated rings. The Kier molecular flexibility index (Phi) is 4.99. The molecule has 112 valence electrons. The van der Waals surface area contributed by atoms with Crippen molar-refractivity contribution in [3.05, 3.63) is 28.2 Å². The minimum absolute atomic E-state index is 0.180. The van der Waals surface area contributed by atoms with Crippen LogP contribution in [0.15, 0.2) is 22.7 Å². The number of hydrogen-bond donors (Lipinski definition) is 1. The average Bonchev–Trinajstić information content (AvgIpc) is 2.38. The fraction of sp³-hybridized carbons (Fsp3) is 0.600. The largest absolute Gasteiger partial charge is 0.418 e. The van der Waals surface area contributed by atoms with Gasteiger partial charge in [0.05, 0.1) is 5.56 Å². The molecule has 1 aliphatic carbocycles. The lowest BCUT2D eigenvalue weighted by Crippen LogP contribution is -2.21. The van der Waals surface area contributed by atoms with Crippen molar-refractivity contribution in [2.75, 3.05) is 11.9 Å². The normalized spacial score (nSPS) is 23.6. The maximum absolute atomic E-state index is 13.0. The van der Waals surface area contributed by atoms with E-state index >= 15 is 0 Å². The molecular formula is C15H19BrF3N. The Morgan fingerprint density at radius 1 is 1.20 bits per heavy atom. The van der Waals surface area contributed by atoms with Crippen LogP contribution in [0.3, 0.4) is 0 Å². The van der Waals surface area contributed by atoms with Crippen molar-refractivity contribution in [1.29, 1.82) is 0 Å². The van der Waals surface area contributed by atoms with Crippen LogP contribution in [0.1, 0.15) is 38.2 Å². The SMILES string of the molecule is CC1CCC(CNc2ccc(Br)cc2C(F)(F)F)CC1. The van der Waals surface area contributed by atoms with E-state index in [0.29, 0.717) is 16.9 Å². The molecule has 1 aliphatic rings. The summed E-state index contributed by atoms with van der Waals surface area (Å²) in [6.07, 6.45) is 0.239. The molecule has 1 aromatic rings. The van der Waals surface area contributed by atoms with Crippen molar-refractivity contribution < 1.29 is 13.2 Å². The van der Waals surface area contributed by atoms with Gasteiger partial charge in [0, 0.05) is 16.7 Å². The van der Waals surface area contributed by atoms with Gasteiger partial charge in [-0.05, 0) is 42.9 Å². The first-order valence-electron chi connectivity index (χ1n) is 6.97. The lowest BCUT2D eigenvalue weighted by molar-refractivity contribution is -0.137. The van der Waals surface area contributed by atoms with Gasteiger partial charge in [-0.1, -0.05) is 35.7 Å². The van der Waals surface area contributed by atoms with Gasteiger partial charge in [-0.2, -0.15) is 13.2 Å². The zero-order chi connectivity index (χ0) is 14.8. The predicted octanol–water partition coefficient (Wildman–Crippen LogP) is 5.71. The van der Waals surface area contributed by atoms with Gasteiger partial charge >= 0.3 is 6.18 Å². The van der Waals surface area contributed by atoms with Crippen LogP contribution in [-0.2, 0) is 6.18 Å². The minimum atomic E-state index is -4.33. The van der Waals surface area contributed by atoms with E-state index in [1.165, 1.54) is 18.9 Å². The van der Waals surface area contributed by atoms with E-state index in [-0.39, 0.29) is 5.69 Å². The summed E-state index contributed by atoms with van der Waals surface area (Å²) in [6, 6.07) is 4.27. The second-order valence-electron chi connectivity index (χ2n) is 5.69. The Balaban J connectivity index is 2.02.